The molecule has 0 unspecified atom stereocenters. The maximum atomic E-state index is 13.5. The molecule has 0 bridgehead atoms. The number of likely N-dealkylation sites (tertiary alicyclic amines) is 1. The van der Waals surface area contributed by atoms with E-state index in [2.05, 4.69) is 15.4 Å². The van der Waals surface area contributed by atoms with Gasteiger partial charge in [-0.15, -0.1) is 0 Å². The molecule has 31 heavy (non-hydrogen) atoms. The fraction of sp³-hybridized carbons (Fsp3) is 0.571. The first kappa shape index (κ1) is 20.3. The van der Waals surface area contributed by atoms with Crippen molar-refractivity contribution >= 4 is 11.9 Å². The Balaban J connectivity index is 1.25. The zero-order chi connectivity index (χ0) is 21.8. The number of rotatable bonds is 3. The average molecular weight is 437 g/mol. The molecule has 1 aromatic carbocycles. The molecular formula is C21H23F4N5O. The molecule has 2 aliphatic heterocycles. The molecule has 2 atom stereocenters. The lowest BCUT2D eigenvalue weighted by atomic mass is 9.84. The second-order valence-electron chi connectivity index (χ2n) is 8.79. The lowest BCUT2D eigenvalue weighted by molar-refractivity contribution is -0.174. The Kier molecular flexibility index (Phi) is 4.71. The highest BCUT2D eigenvalue weighted by atomic mass is 19.4. The fourth-order valence-corrected chi connectivity index (χ4v) is 5.06. The quantitative estimate of drug-likeness (QED) is 0.745. The van der Waals surface area contributed by atoms with Gasteiger partial charge in [0.1, 0.15) is 12.1 Å². The van der Waals surface area contributed by atoms with Crippen LogP contribution in [0, 0.1) is 11.7 Å². The summed E-state index contributed by atoms with van der Waals surface area (Å²) in [6.45, 7) is 1.02. The van der Waals surface area contributed by atoms with Crippen molar-refractivity contribution in [1.82, 2.24) is 19.7 Å². The molecule has 10 heteroatoms. The highest BCUT2D eigenvalue weighted by Crippen LogP contribution is 2.50. The second-order valence-corrected chi connectivity index (χ2v) is 8.79. The minimum Gasteiger partial charge on any atom is -0.351 e. The number of hydrogen-bond donors (Lipinski definition) is 1. The Hall–Kier alpha value is -2.65. The van der Waals surface area contributed by atoms with Crippen LogP contribution in [0.15, 0.2) is 30.6 Å². The van der Waals surface area contributed by atoms with Gasteiger partial charge in [-0.05, 0) is 55.7 Å². The van der Waals surface area contributed by atoms with Crippen molar-refractivity contribution < 1.29 is 22.4 Å². The number of fused-ring (bicyclic) bond motifs is 1. The van der Waals surface area contributed by atoms with Crippen LogP contribution in [0.25, 0.3) is 0 Å². The van der Waals surface area contributed by atoms with Crippen molar-refractivity contribution in [1.29, 1.82) is 0 Å². The molecule has 1 saturated carbocycles. The number of halogens is 4. The summed E-state index contributed by atoms with van der Waals surface area (Å²) < 4.78 is 54.8. The van der Waals surface area contributed by atoms with Gasteiger partial charge in [0.25, 0.3) is 0 Å². The number of carbonyl (C=O) groups is 1. The normalized spacial score (nSPS) is 25.6. The Morgan fingerprint density at radius 2 is 1.81 bits per heavy atom. The topological polar surface area (TPSA) is 63.1 Å². The molecule has 1 saturated heterocycles. The van der Waals surface area contributed by atoms with Gasteiger partial charge in [0.15, 0.2) is 6.04 Å². The Morgan fingerprint density at radius 1 is 1.13 bits per heavy atom. The van der Waals surface area contributed by atoms with Crippen LogP contribution >= 0.6 is 0 Å². The van der Waals surface area contributed by atoms with E-state index in [4.69, 9.17) is 0 Å². The van der Waals surface area contributed by atoms with Gasteiger partial charge in [-0.3, -0.25) is 4.79 Å². The number of piperidine rings is 1. The summed E-state index contributed by atoms with van der Waals surface area (Å²) >= 11 is 0. The number of hydrogen-bond acceptors (Lipinski definition) is 4. The number of amides is 1. The Labute approximate surface area is 176 Å². The predicted octanol–water partition coefficient (Wildman–Crippen LogP) is 3.68. The monoisotopic (exact) mass is 437 g/mol. The van der Waals surface area contributed by atoms with Crippen LogP contribution in [0.1, 0.15) is 43.7 Å². The van der Waals surface area contributed by atoms with E-state index in [1.165, 1.54) is 12.1 Å². The van der Waals surface area contributed by atoms with E-state index in [-0.39, 0.29) is 36.1 Å². The molecular weight excluding hydrogens is 414 g/mol. The van der Waals surface area contributed by atoms with Crippen molar-refractivity contribution in [2.45, 2.75) is 55.8 Å². The van der Waals surface area contributed by atoms with Crippen LogP contribution in [0.2, 0.25) is 0 Å². The van der Waals surface area contributed by atoms with Gasteiger partial charge in [0, 0.05) is 19.1 Å². The third-order valence-electron chi connectivity index (χ3n) is 6.99. The first-order valence-electron chi connectivity index (χ1n) is 10.6. The minimum absolute atomic E-state index is 0.0142. The van der Waals surface area contributed by atoms with E-state index < -0.39 is 17.6 Å². The Bertz CT molecular complexity index is 961. The summed E-state index contributed by atoms with van der Waals surface area (Å²) in [5.74, 6) is -0.131. The van der Waals surface area contributed by atoms with Crippen LogP contribution in [0.3, 0.4) is 0 Å². The number of carbonyl (C=O) groups excluding carboxylic acids is 1. The largest absolute Gasteiger partial charge is 0.411 e. The SMILES string of the molecule is O=C(N1CCC([C@@H]2C[C@H](C(F)(F)F)n3ncnc3N2)CC1)C1(c2ccc(F)cc2)CC1. The smallest absolute Gasteiger partial charge is 0.351 e. The molecule has 2 aromatic rings. The van der Waals surface area contributed by atoms with E-state index in [1.54, 1.807) is 12.1 Å². The Morgan fingerprint density at radius 3 is 2.42 bits per heavy atom. The predicted molar refractivity (Wildman–Crippen MR) is 104 cm³/mol. The number of anilines is 1. The molecule has 1 aromatic heterocycles. The highest BCUT2D eigenvalue weighted by molar-refractivity contribution is 5.91. The maximum Gasteiger partial charge on any atom is 0.411 e. The summed E-state index contributed by atoms with van der Waals surface area (Å²) in [7, 11) is 0. The van der Waals surface area contributed by atoms with Crippen LogP contribution < -0.4 is 5.32 Å². The van der Waals surface area contributed by atoms with Crippen LogP contribution in [0.4, 0.5) is 23.5 Å². The first-order chi connectivity index (χ1) is 14.8. The van der Waals surface area contributed by atoms with E-state index in [9.17, 15) is 22.4 Å². The van der Waals surface area contributed by atoms with Crippen molar-refractivity contribution in [2.24, 2.45) is 5.92 Å². The molecule has 1 aliphatic carbocycles. The van der Waals surface area contributed by atoms with Gasteiger partial charge >= 0.3 is 6.18 Å². The number of benzene rings is 1. The molecule has 0 radical (unpaired) electrons. The molecule has 3 aliphatic rings. The average Bonchev–Trinajstić information content (AvgIpc) is 3.42. The van der Waals surface area contributed by atoms with Gasteiger partial charge in [0.2, 0.25) is 11.9 Å². The molecule has 1 amide bonds. The van der Waals surface area contributed by atoms with Crippen LogP contribution in [0.5, 0.6) is 0 Å². The standard InChI is InChI=1S/C21H23F4N5O/c22-15-3-1-14(2-4-15)20(7-8-20)18(31)29-9-5-13(6-10-29)16-11-17(21(23,24)25)30-19(28-16)26-12-27-30/h1-4,12-13,16-17H,5-11H2,(H,26,27,28)/t16-,17+/m0/s1. The van der Waals surface area contributed by atoms with Crippen molar-refractivity contribution in [2.75, 3.05) is 18.4 Å². The van der Waals surface area contributed by atoms with E-state index in [1.807, 2.05) is 4.90 Å². The van der Waals surface area contributed by atoms with Gasteiger partial charge in [-0.25, -0.2) is 9.07 Å². The molecule has 1 N–H and O–H groups in total. The summed E-state index contributed by atoms with van der Waals surface area (Å²) in [6.07, 6.45) is -0.627. The third kappa shape index (κ3) is 3.55. The summed E-state index contributed by atoms with van der Waals surface area (Å²) in [5, 5.41) is 6.85. The van der Waals surface area contributed by atoms with E-state index in [0.29, 0.717) is 25.9 Å². The summed E-state index contributed by atoms with van der Waals surface area (Å²) in [6, 6.07) is 4.04. The van der Waals surface area contributed by atoms with Gasteiger partial charge < -0.3 is 10.2 Å². The lowest BCUT2D eigenvalue weighted by Crippen LogP contribution is -2.49. The lowest BCUT2D eigenvalue weighted by Gasteiger charge is -2.41. The zero-order valence-corrected chi connectivity index (χ0v) is 16.8. The molecule has 3 heterocycles. The molecule has 2 fully saturated rings. The number of nitrogens with one attached hydrogen (secondary N) is 1. The number of nitrogens with zero attached hydrogens (tertiary/aromatic N) is 4. The van der Waals surface area contributed by atoms with Crippen molar-refractivity contribution in [3.8, 4) is 0 Å². The molecule has 0 spiro atoms. The number of aromatic nitrogens is 3. The van der Waals surface area contributed by atoms with Crippen molar-refractivity contribution in [3.05, 3.63) is 42.0 Å². The van der Waals surface area contributed by atoms with Gasteiger partial charge in [0.05, 0.1) is 5.41 Å². The third-order valence-corrected chi connectivity index (χ3v) is 6.99. The van der Waals surface area contributed by atoms with Crippen LogP contribution in [-0.4, -0.2) is 50.9 Å². The fourth-order valence-electron chi connectivity index (χ4n) is 5.06. The summed E-state index contributed by atoms with van der Waals surface area (Å²) in [5.41, 5.74) is 0.267. The number of alkyl halides is 3. The van der Waals surface area contributed by atoms with Crippen LogP contribution in [-0.2, 0) is 10.2 Å². The van der Waals surface area contributed by atoms with Gasteiger partial charge in [-0.1, -0.05) is 12.1 Å². The van der Waals surface area contributed by atoms with Gasteiger partial charge in [-0.2, -0.15) is 23.3 Å². The maximum absolute atomic E-state index is 13.5. The van der Waals surface area contributed by atoms with E-state index >= 15 is 0 Å². The minimum atomic E-state index is -4.40. The van der Waals surface area contributed by atoms with E-state index in [0.717, 1.165) is 29.4 Å². The highest BCUT2D eigenvalue weighted by Gasteiger charge is 2.54. The molecule has 6 nitrogen and oxygen atoms in total. The molecule has 166 valence electrons. The zero-order valence-electron chi connectivity index (χ0n) is 16.8. The van der Waals surface area contributed by atoms with Crippen molar-refractivity contribution in [3.63, 3.8) is 0 Å². The first-order valence-corrected chi connectivity index (χ1v) is 10.6. The molecule has 5 rings (SSSR count). The second kappa shape index (κ2) is 7.20. The summed E-state index contributed by atoms with van der Waals surface area (Å²) in [4.78, 5) is 19.0.